The predicted molar refractivity (Wildman–Crippen MR) is 118 cm³/mol. The van der Waals surface area contributed by atoms with Gasteiger partial charge in [-0.1, -0.05) is 48.5 Å². The van der Waals surface area contributed by atoms with Crippen LogP contribution in [0.15, 0.2) is 18.3 Å². The number of hydrogen-bond acceptors (Lipinski definition) is 4. The smallest absolute Gasteiger partial charge is 0.168 e. The standard InChI is InChI=1S/C24H29N5/c1-13-25-11-14-19(26-13)28-21(22(2,3)4)29-18-10-16-15(9-17(18)27-20(14)29)23(5,6)12-24(16,7)8/h9-11H,12H2,1-8H3. The number of rotatable bonds is 0. The van der Waals surface area contributed by atoms with Crippen molar-refractivity contribution in [3.05, 3.63) is 41.1 Å². The van der Waals surface area contributed by atoms with E-state index in [1.165, 1.54) is 11.1 Å². The first-order valence-corrected chi connectivity index (χ1v) is 10.4. The Morgan fingerprint density at radius 1 is 0.931 bits per heavy atom. The Kier molecular flexibility index (Phi) is 3.39. The van der Waals surface area contributed by atoms with Gasteiger partial charge < -0.3 is 0 Å². The van der Waals surface area contributed by atoms with Crippen LogP contribution in [0.2, 0.25) is 0 Å². The first kappa shape index (κ1) is 18.5. The van der Waals surface area contributed by atoms with Crippen LogP contribution in [-0.4, -0.2) is 24.3 Å². The van der Waals surface area contributed by atoms with E-state index in [0.29, 0.717) is 0 Å². The summed E-state index contributed by atoms with van der Waals surface area (Å²) in [5, 5.41) is 0.901. The maximum absolute atomic E-state index is 5.08. The number of nitrogens with zero attached hydrogens (tertiary/aromatic N) is 5. The van der Waals surface area contributed by atoms with E-state index < -0.39 is 0 Å². The average molecular weight is 388 g/mol. The van der Waals surface area contributed by atoms with Crippen LogP contribution in [-0.2, 0) is 16.2 Å². The highest BCUT2D eigenvalue weighted by Gasteiger charge is 2.42. The number of hydrogen-bond donors (Lipinski definition) is 0. The topological polar surface area (TPSA) is 56.0 Å². The Bertz CT molecular complexity index is 1320. The van der Waals surface area contributed by atoms with Gasteiger partial charge in [0.05, 0.1) is 16.4 Å². The Hall–Kier alpha value is -2.56. The molecule has 5 nitrogen and oxygen atoms in total. The normalized spacial score (nSPS) is 18.1. The first-order chi connectivity index (χ1) is 13.4. The molecule has 0 fully saturated rings. The first-order valence-electron chi connectivity index (χ1n) is 10.4. The van der Waals surface area contributed by atoms with Gasteiger partial charge in [-0.25, -0.2) is 19.9 Å². The number of fused-ring (bicyclic) bond motifs is 6. The zero-order valence-corrected chi connectivity index (χ0v) is 18.7. The fourth-order valence-electron chi connectivity index (χ4n) is 5.29. The zero-order chi connectivity index (χ0) is 20.9. The average Bonchev–Trinajstić information content (AvgIpc) is 3.04. The summed E-state index contributed by atoms with van der Waals surface area (Å²) in [4.78, 5) is 19.1. The molecule has 3 aromatic heterocycles. The van der Waals surface area contributed by atoms with Crippen LogP contribution in [0, 0.1) is 6.92 Å². The molecule has 0 amide bonds. The molecule has 0 saturated carbocycles. The van der Waals surface area contributed by atoms with Gasteiger partial charge in [-0.15, -0.1) is 0 Å². The van der Waals surface area contributed by atoms with Crippen LogP contribution >= 0.6 is 0 Å². The van der Waals surface area contributed by atoms with E-state index in [1.807, 2.05) is 13.1 Å². The van der Waals surface area contributed by atoms with Gasteiger partial charge >= 0.3 is 0 Å². The maximum Gasteiger partial charge on any atom is 0.168 e. The third kappa shape index (κ3) is 2.52. The highest BCUT2D eigenvalue weighted by atomic mass is 15.1. The fraction of sp³-hybridized carbons (Fsp3) is 0.500. The summed E-state index contributed by atoms with van der Waals surface area (Å²) in [7, 11) is 0. The fourth-order valence-corrected chi connectivity index (χ4v) is 5.29. The van der Waals surface area contributed by atoms with Crippen molar-refractivity contribution in [2.24, 2.45) is 0 Å². The van der Waals surface area contributed by atoms with Gasteiger partial charge in [0, 0.05) is 11.6 Å². The van der Waals surface area contributed by atoms with E-state index in [0.717, 1.165) is 45.8 Å². The summed E-state index contributed by atoms with van der Waals surface area (Å²) in [5.74, 6) is 1.71. The van der Waals surface area contributed by atoms with Gasteiger partial charge in [0.25, 0.3) is 0 Å². The highest BCUT2D eigenvalue weighted by Crippen LogP contribution is 2.50. The summed E-state index contributed by atoms with van der Waals surface area (Å²) >= 11 is 0. The monoisotopic (exact) mass is 387 g/mol. The second kappa shape index (κ2) is 5.32. The van der Waals surface area contributed by atoms with Gasteiger partial charge in [-0.3, -0.25) is 4.40 Å². The molecule has 4 aromatic rings. The molecule has 0 bridgehead atoms. The van der Waals surface area contributed by atoms with Gasteiger partial charge in [-0.05, 0) is 47.4 Å². The van der Waals surface area contributed by atoms with Gasteiger partial charge in [0.15, 0.2) is 11.3 Å². The molecule has 0 saturated heterocycles. The second-order valence-corrected chi connectivity index (χ2v) is 10.9. The lowest BCUT2D eigenvalue weighted by Gasteiger charge is -2.22. The Balaban J connectivity index is 1.99. The number of aryl methyl sites for hydroxylation is 1. The minimum atomic E-state index is -0.146. The van der Waals surface area contributed by atoms with Gasteiger partial charge in [0.2, 0.25) is 0 Å². The minimum absolute atomic E-state index is 0.142. The quantitative estimate of drug-likeness (QED) is 0.406. The third-order valence-electron chi connectivity index (χ3n) is 6.36. The summed E-state index contributed by atoms with van der Waals surface area (Å²) in [5.41, 5.74) is 6.76. The molecule has 0 atom stereocenters. The maximum atomic E-state index is 5.08. The minimum Gasteiger partial charge on any atom is -0.279 e. The summed E-state index contributed by atoms with van der Waals surface area (Å²) in [6, 6.07) is 4.66. The van der Waals surface area contributed by atoms with Crippen molar-refractivity contribution in [2.45, 2.75) is 78.1 Å². The Labute approximate surface area is 171 Å². The number of imidazole rings is 1. The van der Waals surface area contributed by atoms with Crippen molar-refractivity contribution >= 4 is 27.7 Å². The molecular weight excluding hydrogens is 358 g/mol. The van der Waals surface area contributed by atoms with Crippen LogP contribution in [0.5, 0.6) is 0 Å². The molecule has 29 heavy (non-hydrogen) atoms. The SMILES string of the molecule is Cc1ncc2c(n1)nc(C(C)(C)C)n1c3cc4c(cc3nc21)C(C)(C)CC4(C)C. The largest absolute Gasteiger partial charge is 0.279 e. The zero-order valence-electron chi connectivity index (χ0n) is 18.7. The summed E-state index contributed by atoms with van der Waals surface area (Å²) < 4.78 is 2.23. The van der Waals surface area contributed by atoms with E-state index in [9.17, 15) is 0 Å². The van der Waals surface area contributed by atoms with Crippen molar-refractivity contribution in [1.82, 2.24) is 24.3 Å². The van der Waals surface area contributed by atoms with Crippen molar-refractivity contribution in [3.8, 4) is 0 Å². The van der Waals surface area contributed by atoms with Crippen LogP contribution in [0.1, 0.15) is 77.7 Å². The molecule has 0 spiro atoms. The van der Waals surface area contributed by atoms with E-state index in [1.54, 1.807) is 0 Å². The summed E-state index contributed by atoms with van der Waals surface area (Å²) in [6.07, 6.45) is 3.00. The van der Waals surface area contributed by atoms with E-state index >= 15 is 0 Å². The molecule has 1 aliphatic rings. The van der Waals surface area contributed by atoms with E-state index in [4.69, 9.17) is 9.97 Å². The highest BCUT2D eigenvalue weighted by molar-refractivity contribution is 5.95. The molecule has 5 heteroatoms. The van der Waals surface area contributed by atoms with Gasteiger partial charge in [0.1, 0.15) is 11.6 Å². The molecule has 0 unspecified atom stereocenters. The van der Waals surface area contributed by atoms with Crippen molar-refractivity contribution in [1.29, 1.82) is 0 Å². The molecule has 1 aliphatic carbocycles. The number of aromatic nitrogens is 5. The predicted octanol–water partition coefficient (Wildman–Crippen LogP) is 5.39. The Morgan fingerprint density at radius 3 is 2.24 bits per heavy atom. The number of benzene rings is 1. The summed E-state index contributed by atoms with van der Waals surface area (Å²) in [6.45, 7) is 17.9. The molecule has 150 valence electrons. The molecule has 5 rings (SSSR count). The second-order valence-electron chi connectivity index (χ2n) is 10.9. The van der Waals surface area contributed by atoms with E-state index in [2.05, 4.69) is 75.0 Å². The van der Waals surface area contributed by atoms with Crippen LogP contribution < -0.4 is 0 Å². The molecule has 3 heterocycles. The van der Waals surface area contributed by atoms with Crippen LogP contribution in [0.25, 0.3) is 27.7 Å². The lowest BCUT2D eigenvalue weighted by atomic mass is 9.82. The molecular formula is C24H29N5. The molecule has 0 aliphatic heterocycles. The van der Waals surface area contributed by atoms with Crippen LogP contribution in [0.3, 0.4) is 0 Å². The Morgan fingerprint density at radius 2 is 1.59 bits per heavy atom. The van der Waals surface area contributed by atoms with Crippen LogP contribution in [0.4, 0.5) is 0 Å². The molecule has 1 aromatic carbocycles. The molecule has 0 N–H and O–H groups in total. The van der Waals surface area contributed by atoms with Crippen molar-refractivity contribution in [2.75, 3.05) is 0 Å². The van der Waals surface area contributed by atoms with E-state index in [-0.39, 0.29) is 16.2 Å². The lowest BCUT2D eigenvalue weighted by Crippen LogP contribution is -2.19. The molecule has 0 radical (unpaired) electrons. The lowest BCUT2D eigenvalue weighted by molar-refractivity contribution is 0.403. The van der Waals surface area contributed by atoms with Gasteiger partial charge in [-0.2, -0.15) is 0 Å². The van der Waals surface area contributed by atoms with Crippen molar-refractivity contribution < 1.29 is 0 Å². The van der Waals surface area contributed by atoms with Crippen molar-refractivity contribution in [3.63, 3.8) is 0 Å². The third-order valence-corrected chi connectivity index (χ3v) is 6.36.